The van der Waals surface area contributed by atoms with Crippen LogP contribution in [0.1, 0.15) is 0 Å². The molecule has 0 fully saturated rings. The normalized spacial score (nSPS) is 8.68. The predicted molar refractivity (Wildman–Crippen MR) is 116 cm³/mol. The second-order valence-electron chi connectivity index (χ2n) is 1.86. The van der Waals surface area contributed by atoms with Crippen LogP contribution >= 0.6 is 136 Å². The van der Waals surface area contributed by atoms with Gasteiger partial charge in [0.25, 0.3) is 0 Å². The van der Waals surface area contributed by atoms with Gasteiger partial charge in [-0.05, 0) is 0 Å². The summed E-state index contributed by atoms with van der Waals surface area (Å²) in [5, 5.41) is 28.7. The van der Waals surface area contributed by atoms with Gasteiger partial charge in [-0.25, -0.2) is 0 Å². The van der Waals surface area contributed by atoms with E-state index in [0.717, 1.165) is 0 Å². The van der Waals surface area contributed by atoms with Crippen molar-refractivity contribution in [2.75, 3.05) is 0 Å². The zero-order valence-electron chi connectivity index (χ0n) is 8.53. The molecule has 0 saturated carbocycles. The molecule has 19 heavy (non-hydrogen) atoms. The van der Waals surface area contributed by atoms with Crippen molar-refractivity contribution in [1.29, 1.82) is 0 Å². The molecule has 13 heteroatoms. The summed E-state index contributed by atoms with van der Waals surface area (Å²) in [4.78, 5) is 28.7. The van der Waals surface area contributed by atoms with E-state index in [2.05, 4.69) is 0 Å². The molecule has 0 radical (unpaired) electrons. The van der Waals surface area contributed by atoms with Crippen molar-refractivity contribution < 1.29 is 29.7 Å². The molecule has 0 aliphatic heterocycles. The first-order valence-corrected chi connectivity index (χ1v) is 10.9. The molecule has 0 aromatic carbocycles. The minimum atomic E-state index is -1.02. The molecule has 0 rings (SSSR count). The van der Waals surface area contributed by atoms with Gasteiger partial charge in [-0.1, -0.05) is 136 Å². The Labute approximate surface area is 210 Å². The minimum Gasteiger partial charge on any atom is -0.548 e. The van der Waals surface area contributed by atoms with E-state index >= 15 is 0 Å². The predicted octanol–water partition coefficient (Wildman–Crippen LogP) is -0.584. The Bertz CT molecular complexity index is 230. The minimum absolute atomic E-state index is 0. The average Bonchev–Trinajstić information content (AvgIpc) is 2.18. The zero-order valence-corrected chi connectivity index (χ0v) is 24.8. The van der Waals surface area contributed by atoms with E-state index in [1.54, 1.807) is 136 Å². The van der Waals surface area contributed by atoms with Crippen molar-refractivity contribution in [1.82, 2.24) is 0 Å². The quantitative estimate of drug-likeness (QED) is 0.276. The van der Waals surface area contributed by atoms with Crippen LogP contribution in [-0.2, 0) is 14.4 Å². The maximum absolute atomic E-state index is 9.57. The first kappa shape index (κ1) is 30.5. The van der Waals surface area contributed by atoms with E-state index in [9.17, 15) is 29.7 Å². The van der Waals surface area contributed by atoms with Gasteiger partial charge in [0.15, 0.2) is 0 Å². The number of aliphatic carboxylic acids is 3. The van der Waals surface area contributed by atoms with Crippen LogP contribution in [0.5, 0.6) is 0 Å². The first-order valence-electron chi connectivity index (χ1n) is 3.40. The molecule has 0 unspecified atom stereocenters. The van der Waals surface area contributed by atoms with Crippen molar-refractivity contribution >= 4 is 179 Å². The van der Waals surface area contributed by atoms with E-state index < -0.39 is 23.7 Å². The van der Waals surface area contributed by atoms with Crippen molar-refractivity contribution in [3.8, 4) is 0 Å². The summed E-state index contributed by atoms with van der Waals surface area (Å²) in [6.45, 7) is 0. The molecule has 0 atom stereocenters. The summed E-state index contributed by atoms with van der Waals surface area (Å²) >= 11 is 10.5. The molecule has 0 aliphatic rings. The summed E-state index contributed by atoms with van der Waals surface area (Å²) in [6.07, 6.45) is 0. The smallest absolute Gasteiger partial charge is 0.548 e. The number of carbonyl (C=O) groups is 3. The number of carboxylic acids is 3. The van der Waals surface area contributed by atoms with Crippen LogP contribution in [0.2, 0.25) is 0 Å². The molecule has 0 aliphatic carbocycles. The molecule has 0 spiro atoms. The Morgan fingerprint density at radius 3 is 0.632 bits per heavy atom. The van der Waals surface area contributed by atoms with Gasteiger partial charge in [0.2, 0.25) is 0 Å². The fourth-order valence-corrected chi connectivity index (χ4v) is 0. The van der Waals surface area contributed by atoms with Crippen LogP contribution in [0, 0.1) is 0 Å². The number of hydrogen-bond acceptors (Lipinski definition) is 6. The third kappa shape index (κ3) is 34.1. The van der Waals surface area contributed by atoms with Gasteiger partial charge in [-0.2, -0.15) is 0 Å². The summed E-state index contributed by atoms with van der Waals surface area (Å²) in [5.41, 5.74) is 0. The third-order valence-electron chi connectivity index (χ3n) is 0.535. The monoisotopic (exact) mass is 1050 g/mol. The number of rotatable bonds is 3. The van der Waals surface area contributed by atoms with E-state index in [-0.39, 0.29) is 25.8 Å². The van der Waals surface area contributed by atoms with Crippen molar-refractivity contribution in [2.24, 2.45) is 0 Å². The summed E-state index contributed by atoms with van der Waals surface area (Å²) in [5.74, 6) is -3.05. The van der Waals surface area contributed by atoms with Crippen LogP contribution in [-0.4, -0.2) is 49.5 Å². The summed E-state index contributed by atoms with van der Waals surface area (Å²) in [6, 6.07) is 0. The fourth-order valence-electron chi connectivity index (χ4n) is 0. The molecule has 0 aromatic rings. The van der Waals surface area contributed by atoms with E-state index in [1.165, 1.54) is 0 Å². The third-order valence-corrected chi connectivity index (χ3v) is 3.59. The Kier molecular flexibility index (Phi) is 31.7. The van der Waals surface area contributed by atoms with Gasteiger partial charge < -0.3 is 29.7 Å². The largest absolute Gasteiger partial charge is 3.00 e. The van der Waals surface area contributed by atoms with Gasteiger partial charge in [0, 0.05) is 0 Å². The number of halogens is 6. The van der Waals surface area contributed by atoms with Crippen LogP contribution in [0.15, 0.2) is 0 Å². The molecular weight excluding hydrogens is 1040 g/mol. The number of carbonyl (C=O) groups excluding carboxylic acids is 3. The SMILES string of the molecule is O=C([O-])C(I)I.O=C([O-])C(I)I.O=C([O-])C(I)I.[In+3]. The average molecular weight is 1050 g/mol. The van der Waals surface area contributed by atoms with Crippen LogP contribution in [0.4, 0.5) is 0 Å². The second kappa shape index (κ2) is 19.7. The standard InChI is InChI=1S/3C2H2I2O2.In/c3*3-1(4)2(5)6;/h3*1H,(H,5,6);/q;;;+3/p-3. The molecular formula is C6H3I6InO6. The van der Waals surface area contributed by atoms with E-state index in [4.69, 9.17) is 0 Å². The Morgan fingerprint density at radius 2 is 0.632 bits per heavy atom. The molecule has 0 bridgehead atoms. The van der Waals surface area contributed by atoms with Gasteiger partial charge >= 0.3 is 25.8 Å². The van der Waals surface area contributed by atoms with Crippen LogP contribution in [0.3, 0.4) is 0 Å². The molecule has 0 heterocycles. The molecule has 0 amide bonds. The van der Waals surface area contributed by atoms with Crippen molar-refractivity contribution in [2.45, 2.75) is 5.79 Å². The van der Waals surface area contributed by atoms with Gasteiger partial charge in [0.05, 0.1) is 17.9 Å². The first-order chi connectivity index (χ1) is 7.93. The van der Waals surface area contributed by atoms with Crippen molar-refractivity contribution in [3.05, 3.63) is 0 Å². The number of hydrogen-bond donors (Lipinski definition) is 0. The van der Waals surface area contributed by atoms with E-state index in [0.29, 0.717) is 0 Å². The number of alkyl halides is 6. The molecule has 0 N–H and O–H groups in total. The molecule has 108 valence electrons. The summed E-state index contributed by atoms with van der Waals surface area (Å²) in [7, 11) is 0. The Hall–Kier alpha value is 3.66. The second-order valence-corrected chi connectivity index (χ2v) is 16.5. The van der Waals surface area contributed by atoms with Crippen LogP contribution < -0.4 is 15.3 Å². The van der Waals surface area contributed by atoms with Crippen LogP contribution in [0.25, 0.3) is 0 Å². The zero-order chi connectivity index (χ0) is 15.5. The fraction of sp³-hybridized carbons (Fsp3) is 0.500. The maximum atomic E-state index is 9.57. The Morgan fingerprint density at radius 1 is 0.579 bits per heavy atom. The maximum Gasteiger partial charge on any atom is 3.00 e. The molecule has 6 nitrogen and oxygen atoms in total. The van der Waals surface area contributed by atoms with Crippen molar-refractivity contribution in [3.63, 3.8) is 0 Å². The van der Waals surface area contributed by atoms with Gasteiger partial charge in [-0.3, -0.25) is 0 Å². The van der Waals surface area contributed by atoms with Gasteiger partial charge in [-0.15, -0.1) is 0 Å². The van der Waals surface area contributed by atoms with Gasteiger partial charge in [0.1, 0.15) is 5.79 Å². The topological polar surface area (TPSA) is 120 Å². The van der Waals surface area contributed by atoms with E-state index in [1.807, 2.05) is 0 Å². The molecule has 0 aromatic heterocycles. The summed E-state index contributed by atoms with van der Waals surface area (Å²) < 4.78 is -1.21. The Balaban J connectivity index is -0.0000000865. The number of carboxylic acid groups (broad SMARTS) is 3. The molecule has 0 saturated heterocycles.